The van der Waals surface area contributed by atoms with Crippen LogP contribution in [0.1, 0.15) is 38.5 Å². The van der Waals surface area contributed by atoms with E-state index in [0.29, 0.717) is 5.25 Å². The van der Waals surface area contributed by atoms with Gasteiger partial charge < -0.3 is 0 Å². The van der Waals surface area contributed by atoms with E-state index in [2.05, 4.69) is 19.0 Å². The summed E-state index contributed by atoms with van der Waals surface area (Å²) in [5.41, 5.74) is 0. The van der Waals surface area contributed by atoms with Crippen LogP contribution >= 0.6 is 12.6 Å². The van der Waals surface area contributed by atoms with Gasteiger partial charge in [-0.2, -0.15) is 12.6 Å². The first-order valence-electron chi connectivity index (χ1n) is 3.91. The third-order valence-corrected chi connectivity index (χ3v) is 2.36. The van der Waals surface area contributed by atoms with Crippen LogP contribution in [-0.2, 0) is 0 Å². The Morgan fingerprint density at radius 2 is 1.89 bits per heavy atom. The van der Waals surface area contributed by atoms with Gasteiger partial charge in [0.05, 0.1) is 0 Å². The van der Waals surface area contributed by atoms with Gasteiger partial charge in [0, 0.05) is 5.25 Å². The maximum absolute atomic E-state index is 4.42. The maximum Gasteiger partial charge on any atom is 0.00481 e. The highest BCUT2D eigenvalue weighted by atomic mass is 32.1. The van der Waals surface area contributed by atoms with Crippen LogP contribution in [0.2, 0.25) is 0 Å². The molecular formula is C8H15S. The molecule has 0 aromatic heterocycles. The fourth-order valence-electron chi connectivity index (χ4n) is 1.28. The summed E-state index contributed by atoms with van der Waals surface area (Å²) in [5.74, 6) is 0. The molecule has 0 heterocycles. The van der Waals surface area contributed by atoms with Crippen LogP contribution in [0.5, 0.6) is 0 Å². The van der Waals surface area contributed by atoms with Crippen molar-refractivity contribution in [1.29, 1.82) is 0 Å². The lowest BCUT2D eigenvalue weighted by Gasteiger charge is -2.12. The van der Waals surface area contributed by atoms with Gasteiger partial charge in [-0.05, 0) is 19.3 Å². The lowest BCUT2D eigenvalue weighted by Crippen LogP contribution is -2.02. The molecule has 0 aromatic carbocycles. The second-order valence-corrected chi connectivity index (χ2v) is 3.46. The third kappa shape index (κ3) is 3.14. The number of hydrogen-bond donors (Lipinski definition) is 1. The van der Waals surface area contributed by atoms with Crippen LogP contribution in [0.3, 0.4) is 0 Å². The van der Waals surface area contributed by atoms with Crippen molar-refractivity contribution in [3.05, 3.63) is 6.42 Å². The molecule has 53 valence electrons. The molecule has 1 unspecified atom stereocenters. The summed E-state index contributed by atoms with van der Waals surface area (Å²) in [4.78, 5) is 0. The van der Waals surface area contributed by atoms with E-state index in [0.717, 1.165) is 0 Å². The molecule has 1 atom stereocenters. The van der Waals surface area contributed by atoms with E-state index < -0.39 is 0 Å². The SMILES string of the molecule is SC1[CH]CCCCCC1. The standard InChI is InChI=1S/C8H15S/c9-8-6-4-2-1-3-5-7-8/h6,8-9H,1-5,7H2. The molecule has 0 amide bonds. The van der Waals surface area contributed by atoms with Crippen LogP contribution in [0.4, 0.5) is 0 Å². The smallest absolute Gasteiger partial charge is 0.00481 e. The van der Waals surface area contributed by atoms with Crippen molar-refractivity contribution in [2.75, 3.05) is 0 Å². The second kappa shape index (κ2) is 4.21. The highest BCUT2D eigenvalue weighted by Gasteiger charge is 2.05. The summed E-state index contributed by atoms with van der Waals surface area (Å²) in [6.45, 7) is 0. The Balaban J connectivity index is 2.12. The van der Waals surface area contributed by atoms with E-state index >= 15 is 0 Å². The van der Waals surface area contributed by atoms with Crippen LogP contribution in [0.15, 0.2) is 0 Å². The van der Waals surface area contributed by atoms with Gasteiger partial charge in [0.1, 0.15) is 0 Å². The molecule has 0 nitrogen and oxygen atoms in total. The predicted octanol–water partition coefficient (Wildman–Crippen LogP) is 2.84. The summed E-state index contributed by atoms with van der Waals surface area (Å²) in [6.07, 6.45) is 10.5. The first kappa shape index (κ1) is 7.46. The van der Waals surface area contributed by atoms with Gasteiger partial charge >= 0.3 is 0 Å². The molecule has 0 N–H and O–H groups in total. The van der Waals surface area contributed by atoms with Gasteiger partial charge in [-0.25, -0.2) is 0 Å². The minimum absolute atomic E-state index is 0.588. The minimum Gasteiger partial charge on any atom is -0.176 e. The maximum atomic E-state index is 4.42. The summed E-state index contributed by atoms with van der Waals surface area (Å²) >= 11 is 4.42. The Hall–Kier alpha value is 0.350. The fraction of sp³-hybridized carbons (Fsp3) is 0.875. The fourth-order valence-corrected chi connectivity index (χ4v) is 1.61. The van der Waals surface area contributed by atoms with Crippen molar-refractivity contribution >= 4 is 12.6 Å². The Labute approximate surface area is 63.4 Å². The van der Waals surface area contributed by atoms with Crippen molar-refractivity contribution in [1.82, 2.24) is 0 Å². The van der Waals surface area contributed by atoms with E-state index in [1.807, 2.05) is 0 Å². The molecular weight excluding hydrogens is 128 g/mol. The molecule has 1 fully saturated rings. The molecule has 1 radical (unpaired) electrons. The Morgan fingerprint density at radius 1 is 1.11 bits per heavy atom. The third-order valence-electron chi connectivity index (χ3n) is 1.89. The molecule has 0 aliphatic heterocycles. The molecule has 1 saturated carbocycles. The monoisotopic (exact) mass is 143 g/mol. The molecule has 0 saturated heterocycles. The van der Waals surface area contributed by atoms with E-state index in [1.54, 1.807) is 0 Å². The quantitative estimate of drug-likeness (QED) is 0.495. The Kier molecular flexibility index (Phi) is 3.49. The van der Waals surface area contributed by atoms with E-state index in [9.17, 15) is 0 Å². The molecule has 0 aromatic rings. The number of rotatable bonds is 0. The molecule has 1 heteroatoms. The summed E-state index contributed by atoms with van der Waals surface area (Å²) < 4.78 is 0. The van der Waals surface area contributed by atoms with Crippen molar-refractivity contribution in [3.63, 3.8) is 0 Å². The zero-order chi connectivity index (χ0) is 6.53. The second-order valence-electron chi connectivity index (χ2n) is 2.79. The van der Waals surface area contributed by atoms with Gasteiger partial charge in [0.15, 0.2) is 0 Å². The van der Waals surface area contributed by atoms with Crippen molar-refractivity contribution < 1.29 is 0 Å². The van der Waals surface area contributed by atoms with Crippen LogP contribution in [-0.4, -0.2) is 5.25 Å². The van der Waals surface area contributed by atoms with Gasteiger partial charge in [0.2, 0.25) is 0 Å². The summed E-state index contributed by atoms with van der Waals surface area (Å²) in [6, 6.07) is 0. The van der Waals surface area contributed by atoms with Gasteiger partial charge in [-0.3, -0.25) is 0 Å². The van der Waals surface area contributed by atoms with E-state index in [4.69, 9.17) is 0 Å². The lowest BCUT2D eigenvalue weighted by molar-refractivity contribution is 0.572. The average Bonchev–Trinajstić information content (AvgIpc) is 1.79. The highest BCUT2D eigenvalue weighted by Crippen LogP contribution is 2.19. The molecule has 9 heavy (non-hydrogen) atoms. The predicted molar refractivity (Wildman–Crippen MR) is 44.8 cm³/mol. The minimum atomic E-state index is 0.588. The molecule has 1 aliphatic rings. The van der Waals surface area contributed by atoms with Crippen LogP contribution in [0.25, 0.3) is 0 Å². The van der Waals surface area contributed by atoms with E-state index in [-0.39, 0.29) is 0 Å². The first-order valence-corrected chi connectivity index (χ1v) is 4.42. The number of hydrogen-bond acceptors (Lipinski definition) is 1. The van der Waals surface area contributed by atoms with Gasteiger partial charge in [-0.1, -0.05) is 25.7 Å². The average molecular weight is 143 g/mol. The molecule has 0 spiro atoms. The highest BCUT2D eigenvalue weighted by molar-refractivity contribution is 7.81. The van der Waals surface area contributed by atoms with Crippen molar-refractivity contribution in [3.8, 4) is 0 Å². The largest absolute Gasteiger partial charge is 0.176 e. The first-order chi connectivity index (χ1) is 4.39. The Morgan fingerprint density at radius 3 is 2.78 bits per heavy atom. The molecule has 0 bridgehead atoms. The zero-order valence-corrected chi connectivity index (χ0v) is 6.74. The number of thiol groups is 1. The summed E-state index contributed by atoms with van der Waals surface area (Å²) in [5, 5.41) is 0.588. The van der Waals surface area contributed by atoms with Gasteiger partial charge in [-0.15, -0.1) is 0 Å². The van der Waals surface area contributed by atoms with Gasteiger partial charge in [0.25, 0.3) is 0 Å². The zero-order valence-electron chi connectivity index (χ0n) is 5.84. The van der Waals surface area contributed by atoms with Crippen molar-refractivity contribution in [2.24, 2.45) is 0 Å². The summed E-state index contributed by atoms with van der Waals surface area (Å²) in [7, 11) is 0. The molecule has 1 aliphatic carbocycles. The van der Waals surface area contributed by atoms with E-state index in [1.165, 1.54) is 38.5 Å². The lowest BCUT2D eigenvalue weighted by atomic mass is 10.0. The van der Waals surface area contributed by atoms with Crippen LogP contribution < -0.4 is 0 Å². The Bertz CT molecular complexity index is 63.0. The van der Waals surface area contributed by atoms with Crippen LogP contribution in [0, 0.1) is 6.42 Å². The topological polar surface area (TPSA) is 0 Å². The molecule has 1 rings (SSSR count). The van der Waals surface area contributed by atoms with Crippen molar-refractivity contribution in [2.45, 2.75) is 43.8 Å². The normalized spacial score (nSPS) is 25.0.